The van der Waals surface area contributed by atoms with Crippen LogP contribution in [-0.2, 0) is 21.2 Å². The Morgan fingerprint density at radius 3 is 2.43 bits per heavy atom. The van der Waals surface area contributed by atoms with E-state index in [4.69, 9.17) is 9.88 Å². The van der Waals surface area contributed by atoms with Gasteiger partial charge in [0, 0.05) is 5.92 Å². The summed E-state index contributed by atoms with van der Waals surface area (Å²) in [4.78, 5) is 11.9. The van der Waals surface area contributed by atoms with Crippen molar-refractivity contribution in [3.05, 3.63) is 23.8 Å². The molecule has 7 heteroatoms. The van der Waals surface area contributed by atoms with Crippen LogP contribution in [0.2, 0.25) is 0 Å². The van der Waals surface area contributed by atoms with E-state index in [0.717, 1.165) is 18.4 Å². The lowest BCUT2D eigenvalue weighted by Gasteiger charge is -2.14. The molecule has 0 aliphatic rings. The molecular weight excluding hydrogens is 316 g/mol. The Bertz CT molecular complexity index is 625. The number of ether oxygens (including phenoxy) is 1. The summed E-state index contributed by atoms with van der Waals surface area (Å²) in [5.74, 6) is 0.686. The Kier molecular flexibility index (Phi) is 7.51. The molecule has 1 aromatic rings. The summed E-state index contributed by atoms with van der Waals surface area (Å²) < 4.78 is 28.4. The Labute approximate surface area is 138 Å². The van der Waals surface area contributed by atoms with Crippen molar-refractivity contribution in [2.45, 2.75) is 44.9 Å². The maximum absolute atomic E-state index is 11.8. The number of carbonyl (C=O) groups excluding carboxylic acids is 1. The van der Waals surface area contributed by atoms with E-state index in [2.05, 4.69) is 5.32 Å². The van der Waals surface area contributed by atoms with Gasteiger partial charge in [-0.15, -0.1) is 0 Å². The number of rotatable bonds is 9. The van der Waals surface area contributed by atoms with Gasteiger partial charge in [0.2, 0.25) is 15.9 Å². The lowest BCUT2D eigenvalue weighted by molar-refractivity contribution is -0.125. The molecule has 0 bridgehead atoms. The van der Waals surface area contributed by atoms with Crippen molar-refractivity contribution < 1.29 is 17.9 Å². The first kappa shape index (κ1) is 19.4. The second kappa shape index (κ2) is 8.88. The third-order valence-corrected chi connectivity index (χ3v) is 4.67. The van der Waals surface area contributed by atoms with Gasteiger partial charge in [-0.1, -0.05) is 20.8 Å². The summed E-state index contributed by atoms with van der Waals surface area (Å²) in [5.41, 5.74) is 0.767. The molecule has 1 aromatic carbocycles. The summed E-state index contributed by atoms with van der Waals surface area (Å²) in [6, 6.07) is 4.54. The second-order valence-corrected chi connectivity index (χ2v) is 6.88. The van der Waals surface area contributed by atoms with E-state index >= 15 is 0 Å². The van der Waals surface area contributed by atoms with Gasteiger partial charge >= 0.3 is 0 Å². The zero-order chi connectivity index (χ0) is 17.5. The fourth-order valence-corrected chi connectivity index (χ4v) is 2.85. The number of primary sulfonamides is 1. The highest BCUT2D eigenvalue weighted by atomic mass is 32.2. The standard InChI is InChI=1S/C16H26N2O4S/c1-4-12(5-2)16(19)18-9-10-22-15-8-7-14(23(17,20)21)11-13(15)6-3/h7-8,11-12H,4-6,9-10H2,1-3H3,(H,18,19)(H2,17,20,21). The first-order valence-electron chi connectivity index (χ1n) is 7.89. The smallest absolute Gasteiger partial charge is 0.238 e. The van der Waals surface area contributed by atoms with Gasteiger partial charge in [-0.3, -0.25) is 4.79 Å². The van der Waals surface area contributed by atoms with E-state index < -0.39 is 10.0 Å². The average Bonchev–Trinajstić information content (AvgIpc) is 2.51. The Morgan fingerprint density at radius 1 is 1.26 bits per heavy atom. The summed E-state index contributed by atoms with van der Waals surface area (Å²) in [6.07, 6.45) is 2.26. The topological polar surface area (TPSA) is 98.5 Å². The van der Waals surface area contributed by atoms with E-state index in [1.54, 1.807) is 6.07 Å². The Balaban J connectivity index is 2.60. The van der Waals surface area contributed by atoms with Crippen LogP contribution in [-0.4, -0.2) is 27.5 Å². The number of hydrogen-bond acceptors (Lipinski definition) is 4. The van der Waals surface area contributed by atoms with Crippen LogP contribution in [0.3, 0.4) is 0 Å². The van der Waals surface area contributed by atoms with Crippen LogP contribution in [0.4, 0.5) is 0 Å². The summed E-state index contributed by atoms with van der Waals surface area (Å²) in [5, 5.41) is 7.97. The first-order chi connectivity index (χ1) is 10.8. The predicted molar refractivity (Wildman–Crippen MR) is 89.8 cm³/mol. The SMILES string of the molecule is CCc1cc(S(N)(=O)=O)ccc1OCCNC(=O)C(CC)CC. The van der Waals surface area contributed by atoms with Gasteiger partial charge in [0.25, 0.3) is 0 Å². The molecule has 3 N–H and O–H groups in total. The molecule has 1 rings (SSSR count). The molecule has 0 aliphatic heterocycles. The van der Waals surface area contributed by atoms with Gasteiger partial charge in [0.05, 0.1) is 11.4 Å². The number of carbonyl (C=O) groups is 1. The highest BCUT2D eigenvalue weighted by molar-refractivity contribution is 7.89. The van der Waals surface area contributed by atoms with E-state index in [9.17, 15) is 13.2 Å². The minimum Gasteiger partial charge on any atom is -0.491 e. The van der Waals surface area contributed by atoms with Gasteiger partial charge in [0.15, 0.2) is 0 Å². The lowest BCUT2D eigenvalue weighted by Crippen LogP contribution is -2.33. The van der Waals surface area contributed by atoms with Crippen LogP contribution in [0.25, 0.3) is 0 Å². The number of benzene rings is 1. The van der Waals surface area contributed by atoms with Crippen LogP contribution in [0.5, 0.6) is 5.75 Å². The predicted octanol–water partition coefficient (Wildman–Crippen LogP) is 1.83. The summed E-state index contributed by atoms with van der Waals surface area (Å²) >= 11 is 0. The highest BCUT2D eigenvalue weighted by Crippen LogP contribution is 2.22. The van der Waals surface area contributed by atoms with Gasteiger partial charge in [0.1, 0.15) is 12.4 Å². The van der Waals surface area contributed by atoms with Crippen molar-refractivity contribution in [2.24, 2.45) is 11.1 Å². The van der Waals surface area contributed by atoms with E-state index in [-0.39, 0.29) is 16.7 Å². The monoisotopic (exact) mass is 342 g/mol. The van der Waals surface area contributed by atoms with Crippen LogP contribution < -0.4 is 15.2 Å². The van der Waals surface area contributed by atoms with E-state index in [0.29, 0.717) is 25.3 Å². The number of hydrogen-bond donors (Lipinski definition) is 2. The molecule has 0 radical (unpaired) electrons. The quantitative estimate of drug-likeness (QED) is 0.669. The molecule has 0 saturated heterocycles. The van der Waals surface area contributed by atoms with Gasteiger partial charge < -0.3 is 10.1 Å². The van der Waals surface area contributed by atoms with Gasteiger partial charge in [-0.25, -0.2) is 13.6 Å². The van der Waals surface area contributed by atoms with Gasteiger partial charge in [-0.05, 0) is 43.0 Å². The maximum Gasteiger partial charge on any atom is 0.238 e. The molecule has 0 spiro atoms. The van der Waals surface area contributed by atoms with Crippen LogP contribution in [0.15, 0.2) is 23.1 Å². The number of nitrogens with two attached hydrogens (primary N) is 1. The van der Waals surface area contributed by atoms with Crippen molar-refractivity contribution in [2.75, 3.05) is 13.2 Å². The minimum atomic E-state index is -3.72. The van der Waals surface area contributed by atoms with E-state index in [1.165, 1.54) is 12.1 Å². The number of aryl methyl sites for hydroxylation is 1. The molecule has 130 valence electrons. The molecule has 0 saturated carbocycles. The molecule has 0 aliphatic carbocycles. The lowest BCUT2D eigenvalue weighted by atomic mass is 10.0. The van der Waals surface area contributed by atoms with Crippen molar-refractivity contribution in [1.29, 1.82) is 0 Å². The molecule has 0 unspecified atom stereocenters. The largest absolute Gasteiger partial charge is 0.491 e. The fraction of sp³-hybridized carbons (Fsp3) is 0.562. The van der Waals surface area contributed by atoms with Crippen LogP contribution in [0, 0.1) is 5.92 Å². The van der Waals surface area contributed by atoms with Crippen molar-refractivity contribution in [3.8, 4) is 5.75 Å². The molecule has 23 heavy (non-hydrogen) atoms. The first-order valence-corrected chi connectivity index (χ1v) is 9.44. The minimum absolute atomic E-state index is 0.0373. The van der Waals surface area contributed by atoms with Crippen LogP contribution in [0.1, 0.15) is 39.2 Å². The van der Waals surface area contributed by atoms with Crippen LogP contribution >= 0.6 is 0 Å². The molecule has 0 heterocycles. The van der Waals surface area contributed by atoms with E-state index in [1.807, 2.05) is 20.8 Å². The zero-order valence-corrected chi connectivity index (χ0v) is 14.8. The third-order valence-electron chi connectivity index (χ3n) is 3.76. The molecular formula is C16H26N2O4S. The maximum atomic E-state index is 11.8. The van der Waals surface area contributed by atoms with Crippen molar-refractivity contribution in [1.82, 2.24) is 5.32 Å². The molecule has 1 amide bonds. The number of nitrogens with one attached hydrogen (secondary N) is 1. The number of amides is 1. The number of sulfonamides is 1. The molecule has 6 nitrogen and oxygen atoms in total. The summed E-state index contributed by atoms with van der Waals surface area (Å²) in [7, 11) is -3.72. The molecule has 0 aromatic heterocycles. The van der Waals surface area contributed by atoms with Crippen molar-refractivity contribution in [3.63, 3.8) is 0 Å². The zero-order valence-electron chi connectivity index (χ0n) is 14.0. The Hall–Kier alpha value is -1.60. The second-order valence-electron chi connectivity index (χ2n) is 5.32. The normalized spacial score (nSPS) is 11.5. The third kappa shape index (κ3) is 5.84. The Morgan fingerprint density at radius 2 is 1.91 bits per heavy atom. The fourth-order valence-electron chi connectivity index (χ4n) is 2.29. The average molecular weight is 342 g/mol. The summed E-state index contributed by atoms with van der Waals surface area (Å²) in [6.45, 7) is 6.63. The van der Waals surface area contributed by atoms with Gasteiger partial charge in [-0.2, -0.15) is 0 Å². The molecule has 0 fully saturated rings. The van der Waals surface area contributed by atoms with Crippen molar-refractivity contribution >= 4 is 15.9 Å². The highest BCUT2D eigenvalue weighted by Gasteiger charge is 2.14. The molecule has 0 atom stereocenters.